The summed E-state index contributed by atoms with van der Waals surface area (Å²) in [7, 11) is 0. The maximum Gasteiger partial charge on any atom is 0.242 e. The summed E-state index contributed by atoms with van der Waals surface area (Å²) in [6, 6.07) is 5.61. The molecule has 178 valence electrons. The standard InChI is InChI=1S/C20H28N8O4S/c1-11(27-16(30)10-26-18(32)12(21)5-4-8-24-20(22)23)17(31)25-9-14(29)19-28-13-6-2-3-7-15(13)33-19/h2-3,6-7,11-12H,4-5,8-10,21H2,1H3,(H,25,31)(H,26,32)(H,27,30)(H4,22,23,24). The second kappa shape index (κ2) is 12.5. The Hall–Kier alpha value is -3.58. The van der Waals surface area contributed by atoms with E-state index in [1.54, 1.807) is 6.07 Å². The predicted octanol–water partition coefficient (Wildman–Crippen LogP) is -1.40. The lowest BCUT2D eigenvalue weighted by Crippen LogP contribution is -2.50. The fourth-order valence-electron chi connectivity index (χ4n) is 2.69. The average molecular weight is 477 g/mol. The van der Waals surface area contributed by atoms with E-state index in [-0.39, 0.29) is 24.8 Å². The molecule has 0 spiro atoms. The molecule has 0 fully saturated rings. The van der Waals surface area contributed by atoms with Crippen molar-refractivity contribution < 1.29 is 19.2 Å². The van der Waals surface area contributed by atoms with Crippen molar-refractivity contribution >= 4 is 51.0 Å². The van der Waals surface area contributed by atoms with E-state index in [4.69, 9.17) is 17.2 Å². The first-order valence-corrected chi connectivity index (χ1v) is 11.0. The van der Waals surface area contributed by atoms with Gasteiger partial charge in [-0.1, -0.05) is 12.1 Å². The predicted molar refractivity (Wildman–Crippen MR) is 125 cm³/mol. The van der Waals surface area contributed by atoms with Crippen molar-refractivity contribution in [3.63, 3.8) is 0 Å². The minimum Gasteiger partial charge on any atom is -0.370 e. The normalized spacial score (nSPS) is 12.4. The molecule has 2 aromatic rings. The molecule has 2 unspecified atom stereocenters. The average Bonchev–Trinajstić information content (AvgIpc) is 3.22. The number of nitrogens with one attached hydrogen (secondary N) is 3. The number of aliphatic imine (C=N–C) groups is 1. The van der Waals surface area contributed by atoms with Crippen molar-refractivity contribution in [1.29, 1.82) is 0 Å². The molecule has 0 aliphatic rings. The van der Waals surface area contributed by atoms with Gasteiger partial charge in [0.05, 0.1) is 29.3 Å². The molecule has 12 nitrogen and oxygen atoms in total. The van der Waals surface area contributed by atoms with Gasteiger partial charge in [0.2, 0.25) is 23.5 Å². The molecule has 3 amide bonds. The number of fused-ring (bicyclic) bond motifs is 1. The van der Waals surface area contributed by atoms with E-state index in [1.165, 1.54) is 18.3 Å². The number of nitrogens with two attached hydrogens (primary N) is 3. The van der Waals surface area contributed by atoms with Crippen LogP contribution in [-0.2, 0) is 14.4 Å². The number of ketones is 1. The largest absolute Gasteiger partial charge is 0.370 e. The van der Waals surface area contributed by atoms with Gasteiger partial charge in [-0.05, 0) is 31.9 Å². The number of thiazole rings is 1. The van der Waals surface area contributed by atoms with Crippen LogP contribution in [0.15, 0.2) is 29.3 Å². The lowest BCUT2D eigenvalue weighted by Gasteiger charge is -2.15. The van der Waals surface area contributed by atoms with Gasteiger partial charge in [0.1, 0.15) is 6.04 Å². The quantitative estimate of drug-likeness (QED) is 0.0926. The second-order valence-electron chi connectivity index (χ2n) is 7.19. The molecule has 1 aromatic heterocycles. The third-order valence-corrected chi connectivity index (χ3v) is 5.53. The maximum absolute atomic E-state index is 12.3. The van der Waals surface area contributed by atoms with Crippen LogP contribution in [0.25, 0.3) is 10.2 Å². The fourth-order valence-corrected chi connectivity index (χ4v) is 3.60. The smallest absolute Gasteiger partial charge is 0.242 e. The number of benzene rings is 1. The third-order valence-electron chi connectivity index (χ3n) is 4.45. The Balaban J connectivity index is 1.69. The van der Waals surface area contributed by atoms with Gasteiger partial charge >= 0.3 is 0 Å². The van der Waals surface area contributed by atoms with Crippen molar-refractivity contribution in [3.05, 3.63) is 29.3 Å². The van der Waals surface area contributed by atoms with E-state index < -0.39 is 29.8 Å². The van der Waals surface area contributed by atoms with Crippen LogP contribution in [-0.4, -0.2) is 66.2 Å². The van der Waals surface area contributed by atoms with Crippen LogP contribution >= 0.6 is 11.3 Å². The molecule has 0 saturated carbocycles. The molecule has 0 saturated heterocycles. The van der Waals surface area contributed by atoms with E-state index >= 15 is 0 Å². The van der Waals surface area contributed by atoms with E-state index in [0.29, 0.717) is 29.9 Å². The highest BCUT2D eigenvalue weighted by atomic mass is 32.1. The Bertz CT molecular complexity index is 1000. The second-order valence-corrected chi connectivity index (χ2v) is 8.22. The van der Waals surface area contributed by atoms with Gasteiger partial charge in [0.15, 0.2) is 11.0 Å². The van der Waals surface area contributed by atoms with Crippen LogP contribution in [0.4, 0.5) is 0 Å². The number of nitrogens with zero attached hydrogens (tertiary/aromatic N) is 2. The van der Waals surface area contributed by atoms with E-state index in [9.17, 15) is 19.2 Å². The molecule has 9 N–H and O–H groups in total. The summed E-state index contributed by atoms with van der Waals surface area (Å²) in [6.45, 7) is 1.22. The van der Waals surface area contributed by atoms with E-state index in [0.717, 1.165) is 4.70 Å². The molecule has 2 rings (SSSR count). The van der Waals surface area contributed by atoms with Crippen LogP contribution in [0, 0.1) is 0 Å². The first-order chi connectivity index (χ1) is 15.7. The molecular formula is C20H28N8O4S. The van der Waals surface area contributed by atoms with Crippen LogP contribution in [0.2, 0.25) is 0 Å². The molecular weight excluding hydrogens is 448 g/mol. The molecule has 0 aliphatic heterocycles. The fraction of sp³-hybridized carbons (Fsp3) is 0.400. The molecule has 13 heteroatoms. The van der Waals surface area contributed by atoms with Crippen molar-refractivity contribution in [1.82, 2.24) is 20.9 Å². The van der Waals surface area contributed by atoms with Crippen LogP contribution in [0.3, 0.4) is 0 Å². The SMILES string of the molecule is CC(NC(=O)CNC(=O)C(N)CCCN=C(N)N)C(=O)NCC(=O)c1nc2ccccc2s1. The van der Waals surface area contributed by atoms with Crippen molar-refractivity contribution in [2.24, 2.45) is 22.2 Å². The summed E-state index contributed by atoms with van der Waals surface area (Å²) in [6.07, 6.45) is 0.845. The van der Waals surface area contributed by atoms with E-state index in [1.807, 2.05) is 18.2 Å². The van der Waals surface area contributed by atoms with Gasteiger partial charge in [-0.2, -0.15) is 0 Å². The number of carbonyl (C=O) groups is 4. The number of hydrogen-bond donors (Lipinski definition) is 6. The van der Waals surface area contributed by atoms with Crippen LogP contribution < -0.4 is 33.2 Å². The molecule has 2 atom stereocenters. The molecule has 1 heterocycles. The van der Waals surface area contributed by atoms with Crippen molar-refractivity contribution in [3.8, 4) is 0 Å². The first-order valence-electron chi connectivity index (χ1n) is 10.2. The van der Waals surface area contributed by atoms with Gasteiger partial charge in [-0.3, -0.25) is 24.2 Å². The summed E-state index contributed by atoms with van der Waals surface area (Å²) in [5, 5.41) is 7.63. The van der Waals surface area contributed by atoms with E-state index in [2.05, 4.69) is 25.9 Å². The molecule has 0 bridgehead atoms. The summed E-state index contributed by atoms with van der Waals surface area (Å²) in [5.41, 5.74) is 16.9. The molecule has 0 aliphatic carbocycles. The van der Waals surface area contributed by atoms with Crippen LogP contribution in [0.1, 0.15) is 29.6 Å². The Morgan fingerprint density at radius 3 is 2.48 bits per heavy atom. The summed E-state index contributed by atoms with van der Waals surface area (Å²) in [4.78, 5) is 56.5. The van der Waals surface area contributed by atoms with Gasteiger partial charge in [0, 0.05) is 6.54 Å². The molecule has 1 aromatic carbocycles. The highest BCUT2D eigenvalue weighted by Gasteiger charge is 2.19. The molecule has 0 radical (unpaired) electrons. The number of carbonyl (C=O) groups excluding carboxylic acids is 4. The minimum absolute atomic E-state index is 0.0380. The highest BCUT2D eigenvalue weighted by Crippen LogP contribution is 2.21. The van der Waals surface area contributed by atoms with Gasteiger partial charge < -0.3 is 33.2 Å². The monoisotopic (exact) mass is 476 g/mol. The Kier molecular flexibility index (Phi) is 9.69. The number of rotatable bonds is 12. The maximum atomic E-state index is 12.3. The highest BCUT2D eigenvalue weighted by molar-refractivity contribution is 7.20. The van der Waals surface area contributed by atoms with Gasteiger partial charge in [0.25, 0.3) is 0 Å². The Morgan fingerprint density at radius 1 is 1.09 bits per heavy atom. The molecule has 33 heavy (non-hydrogen) atoms. The Labute approximate surface area is 194 Å². The lowest BCUT2D eigenvalue weighted by molar-refractivity contribution is -0.129. The number of hydrogen-bond acceptors (Lipinski definition) is 8. The lowest BCUT2D eigenvalue weighted by atomic mass is 10.1. The zero-order chi connectivity index (χ0) is 24.4. The van der Waals surface area contributed by atoms with Crippen LogP contribution in [0.5, 0.6) is 0 Å². The number of guanidine groups is 1. The Morgan fingerprint density at radius 2 is 1.79 bits per heavy atom. The number of aromatic nitrogens is 1. The topological polar surface area (TPSA) is 208 Å². The van der Waals surface area contributed by atoms with Crippen molar-refractivity contribution in [2.75, 3.05) is 19.6 Å². The number of amides is 3. The number of Topliss-reactive ketones (excluding diaryl/α,β-unsaturated/α-hetero) is 1. The first kappa shape index (κ1) is 25.7. The summed E-state index contributed by atoms with van der Waals surface area (Å²) < 4.78 is 0.878. The number of para-hydroxylation sites is 1. The zero-order valence-electron chi connectivity index (χ0n) is 18.2. The summed E-state index contributed by atoms with van der Waals surface area (Å²) >= 11 is 1.25. The van der Waals surface area contributed by atoms with Gasteiger partial charge in [-0.15, -0.1) is 11.3 Å². The minimum atomic E-state index is -0.911. The summed E-state index contributed by atoms with van der Waals surface area (Å²) in [5.74, 6) is -1.99. The third kappa shape index (κ3) is 8.46. The van der Waals surface area contributed by atoms with Crippen molar-refractivity contribution in [2.45, 2.75) is 31.8 Å². The van der Waals surface area contributed by atoms with Gasteiger partial charge in [-0.25, -0.2) is 4.98 Å². The zero-order valence-corrected chi connectivity index (χ0v) is 19.0.